The molecule has 6 nitrogen and oxygen atoms in total. The van der Waals surface area contributed by atoms with Crippen LogP contribution in [0, 0.1) is 0 Å². The molecule has 0 aliphatic carbocycles. The van der Waals surface area contributed by atoms with Gasteiger partial charge in [0, 0.05) is 13.2 Å². The van der Waals surface area contributed by atoms with Crippen LogP contribution < -0.4 is 5.32 Å². The van der Waals surface area contributed by atoms with E-state index in [9.17, 15) is 4.79 Å². The number of nitrogens with one attached hydrogen (secondary N) is 1. The molecule has 0 fully saturated rings. The van der Waals surface area contributed by atoms with Crippen LogP contribution in [0.4, 0.5) is 5.69 Å². The lowest BCUT2D eigenvalue weighted by molar-refractivity contribution is -0.139. The van der Waals surface area contributed by atoms with Crippen LogP contribution in [0.1, 0.15) is 0 Å². The topological polar surface area (TPSA) is 84.3 Å². The number of aliphatic carboxylic acids is 1. The second-order valence-electron chi connectivity index (χ2n) is 2.86. The molecule has 8 heteroatoms. The molecular formula is C8H9Cl2N3O3. The summed E-state index contributed by atoms with van der Waals surface area (Å²) in [7, 11) is 1.40. The second-order valence-corrected chi connectivity index (χ2v) is 3.61. The summed E-state index contributed by atoms with van der Waals surface area (Å²) < 4.78 is 4.75. The van der Waals surface area contributed by atoms with Crippen LogP contribution in [0.2, 0.25) is 10.3 Å². The highest BCUT2D eigenvalue weighted by atomic mass is 35.5. The molecule has 0 amide bonds. The number of carbonyl (C=O) groups is 1. The molecule has 0 radical (unpaired) electrons. The largest absolute Gasteiger partial charge is 0.480 e. The van der Waals surface area contributed by atoms with Gasteiger partial charge in [-0.1, -0.05) is 23.2 Å². The SMILES string of the molecule is COCC(Nc1cc(Cl)nnc1Cl)C(=O)O. The lowest BCUT2D eigenvalue weighted by atomic mass is 10.3. The van der Waals surface area contributed by atoms with Crippen LogP contribution in [0.3, 0.4) is 0 Å². The highest BCUT2D eigenvalue weighted by Gasteiger charge is 2.18. The van der Waals surface area contributed by atoms with E-state index in [1.807, 2.05) is 0 Å². The van der Waals surface area contributed by atoms with Gasteiger partial charge in [0.05, 0.1) is 12.3 Å². The lowest BCUT2D eigenvalue weighted by Crippen LogP contribution is -2.33. The van der Waals surface area contributed by atoms with Gasteiger partial charge in [-0.3, -0.25) is 0 Å². The van der Waals surface area contributed by atoms with Crippen molar-refractivity contribution in [3.8, 4) is 0 Å². The summed E-state index contributed by atoms with van der Waals surface area (Å²) in [4.78, 5) is 10.8. The molecule has 0 saturated carbocycles. The highest BCUT2D eigenvalue weighted by Crippen LogP contribution is 2.21. The van der Waals surface area contributed by atoms with Crippen molar-refractivity contribution in [2.45, 2.75) is 6.04 Å². The summed E-state index contributed by atoms with van der Waals surface area (Å²) in [5.74, 6) is -1.06. The number of hydrogen-bond donors (Lipinski definition) is 2. The number of hydrogen-bond acceptors (Lipinski definition) is 5. The first kappa shape index (κ1) is 13.0. The Morgan fingerprint density at radius 3 is 2.88 bits per heavy atom. The maximum atomic E-state index is 10.8. The number of aromatic nitrogens is 2. The van der Waals surface area contributed by atoms with E-state index in [4.69, 9.17) is 33.0 Å². The average molecular weight is 266 g/mol. The number of rotatable bonds is 5. The summed E-state index contributed by atoms with van der Waals surface area (Å²) in [5, 5.41) is 18.7. The lowest BCUT2D eigenvalue weighted by Gasteiger charge is -2.15. The molecular weight excluding hydrogens is 257 g/mol. The fourth-order valence-electron chi connectivity index (χ4n) is 0.983. The second kappa shape index (κ2) is 5.83. The third-order valence-electron chi connectivity index (χ3n) is 1.68. The van der Waals surface area contributed by atoms with Crippen molar-refractivity contribution in [1.29, 1.82) is 0 Å². The van der Waals surface area contributed by atoms with Crippen molar-refractivity contribution in [3.05, 3.63) is 16.4 Å². The standard InChI is InChI=1S/C8H9Cl2N3O3/c1-16-3-5(8(14)15)11-4-2-6(9)12-13-7(4)10/h2,5H,3H2,1H3,(H,11,12)(H,14,15). The summed E-state index contributed by atoms with van der Waals surface area (Å²) in [6.07, 6.45) is 0. The van der Waals surface area contributed by atoms with Crippen molar-refractivity contribution in [1.82, 2.24) is 10.2 Å². The van der Waals surface area contributed by atoms with Gasteiger partial charge in [0.25, 0.3) is 0 Å². The minimum atomic E-state index is -1.06. The number of nitrogens with zero attached hydrogens (tertiary/aromatic N) is 2. The molecule has 0 aliphatic rings. The Kier molecular flexibility index (Phi) is 4.72. The van der Waals surface area contributed by atoms with Crippen molar-refractivity contribution in [3.63, 3.8) is 0 Å². The van der Waals surface area contributed by atoms with E-state index < -0.39 is 12.0 Å². The zero-order valence-corrected chi connectivity index (χ0v) is 9.79. The van der Waals surface area contributed by atoms with Crippen LogP contribution in [0.15, 0.2) is 6.07 Å². The van der Waals surface area contributed by atoms with Crippen LogP contribution in [-0.2, 0) is 9.53 Å². The fourth-order valence-corrected chi connectivity index (χ4v) is 1.28. The molecule has 2 N–H and O–H groups in total. The van der Waals surface area contributed by atoms with E-state index in [0.717, 1.165) is 0 Å². The Hall–Kier alpha value is -1.11. The van der Waals surface area contributed by atoms with Crippen LogP contribution in [-0.4, -0.2) is 41.0 Å². The Bertz CT molecular complexity index is 389. The van der Waals surface area contributed by atoms with Gasteiger partial charge in [0.15, 0.2) is 10.3 Å². The van der Waals surface area contributed by atoms with Gasteiger partial charge >= 0.3 is 5.97 Å². The van der Waals surface area contributed by atoms with Gasteiger partial charge < -0.3 is 15.2 Å². The first-order valence-corrected chi connectivity index (χ1v) is 4.97. The number of methoxy groups -OCH3 is 1. The van der Waals surface area contributed by atoms with Crippen molar-refractivity contribution in [2.24, 2.45) is 0 Å². The Labute approximate surface area is 102 Å². The molecule has 1 aromatic rings. The van der Waals surface area contributed by atoms with E-state index in [1.54, 1.807) is 0 Å². The molecule has 0 aromatic carbocycles. The van der Waals surface area contributed by atoms with Crippen molar-refractivity contribution in [2.75, 3.05) is 19.0 Å². The summed E-state index contributed by atoms with van der Waals surface area (Å²) in [6, 6.07) is 0.463. The number of carboxylic acid groups (broad SMARTS) is 1. The molecule has 0 aliphatic heterocycles. The molecule has 1 rings (SSSR count). The van der Waals surface area contributed by atoms with E-state index in [2.05, 4.69) is 15.5 Å². The maximum Gasteiger partial charge on any atom is 0.328 e. The molecule has 1 aromatic heterocycles. The van der Waals surface area contributed by atoms with Gasteiger partial charge in [-0.2, -0.15) is 0 Å². The zero-order valence-electron chi connectivity index (χ0n) is 8.28. The zero-order chi connectivity index (χ0) is 12.1. The molecule has 88 valence electrons. The van der Waals surface area contributed by atoms with Crippen LogP contribution >= 0.6 is 23.2 Å². The summed E-state index contributed by atoms with van der Waals surface area (Å²) >= 11 is 11.3. The van der Waals surface area contributed by atoms with Crippen molar-refractivity contribution < 1.29 is 14.6 Å². The van der Waals surface area contributed by atoms with Gasteiger partial charge in [0.1, 0.15) is 6.04 Å². The van der Waals surface area contributed by atoms with Crippen molar-refractivity contribution >= 4 is 34.9 Å². The smallest absolute Gasteiger partial charge is 0.328 e. The molecule has 1 unspecified atom stereocenters. The third kappa shape index (κ3) is 3.48. The monoisotopic (exact) mass is 265 g/mol. The first-order valence-electron chi connectivity index (χ1n) is 4.21. The quantitative estimate of drug-likeness (QED) is 0.835. The molecule has 0 spiro atoms. The molecule has 16 heavy (non-hydrogen) atoms. The maximum absolute atomic E-state index is 10.8. The van der Waals surface area contributed by atoms with Crippen LogP contribution in [0.25, 0.3) is 0 Å². The van der Waals surface area contributed by atoms with Gasteiger partial charge in [-0.15, -0.1) is 10.2 Å². The number of anilines is 1. The molecule has 1 heterocycles. The van der Waals surface area contributed by atoms with E-state index in [0.29, 0.717) is 5.69 Å². The van der Waals surface area contributed by atoms with E-state index in [1.165, 1.54) is 13.2 Å². The fraction of sp³-hybridized carbons (Fsp3) is 0.375. The number of ether oxygens (including phenoxy) is 1. The number of halogens is 2. The summed E-state index contributed by atoms with van der Waals surface area (Å²) in [5.41, 5.74) is 0.297. The Morgan fingerprint density at radius 2 is 2.31 bits per heavy atom. The minimum absolute atomic E-state index is 0.00833. The molecule has 1 atom stereocenters. The number of carboxylic acids is 1. The highest BCUT2D eigenvalue weighted by molar-refractivity contribution is 6.33. The van der Waals surface area contributed by atoms with Crippen LogP contribution in [0.5, 0.6) is 0 Å². The van der Waals surface area contributed by atoms with E-state index in [-0.39, 0.29) is 16.9 Å². The normalized spacial score (nSPS) is 12.2. The summed E-state index contributed by atoms with van der Waals surface area (Å²) in [6.45, 7) is -0.00833. The van der Waals surface area contributed by atoms with Gasteiger partial charge in [-0.25, -0.2) is 4.79 Å². The van der Waals surface area contributed by atoms with Gasteiger partial charge in [-0.05, 0) is 0 Å². The predicted octanol–water partition coefficient (Wildman–Crippen LogP) is 1.29. The molecule has 0 saturated heterocycles. The average Bonchev–Trinajstić information content (AvgIpc) is 2.22. The predicted molar refractivity (Wildman–Crippen MR) is 59.0 cm³/mol. The van der Waals surface area contributed by atoms with E-state index >= 15 is 0 Å². The first-order chi connectivity index (χ1) is 7.54. The van der Waals surface area contributed by atoms with Gasteiger partial charge in [0.2, 0.25) is 0 Å². The Morgan fingerprint density at radius 1 is 1.62 bits per heavy atom. The minimum Gasteiger partial charge on any atom is -0.480 e. The molecule has 0 bridgehead atoms. The third-order valence-corrected chi connectivity index (χ3v) is 2.14. The Balaban J connectivity index is 2.84.